The van der Waals surface area contributed by atoms with E-state index in [9.17, 15) is 45.3 Å². The van der Waals surface area contributed by atoms with Gasteiger partial charge in [0.25, 0.3) is 0 Å². The Labute approximate surface area is 213 Å². The van der Waals surface area contributed by atoms with E-state index in [4.69, 9.17) is 0 Å². The fourth-order valence-electron chi connectivity index (χ4n) is 3.71. The van der Waals surface area contributed by atoms with Gasteiger partial charge < -0.3 is 35.7 Å². The van der Waals surface area contributed by atoms with Crippen molar-refractivity contribution in [2.75, 3.05) is 26.2 Å². The van der Waals surface area contributed by atoms with Gasteiger partial charge in [-0.15, -0.1) is 0 Å². The van der Waals surface area contributed by atoms with Gasteiger partial charge in [-0.25, -0.2) is 0 Å². The van der Waals surface area contributed by atoms with Gasteiger partial charge in [0, 0.05) is 47.9 Å². The summed E-state index contributed by atoms with van der Waals surface area (Å²) in [5.41, 5.74) is 1.24. The summed E-state index contributed by atoms with van der Waals surface area (Å²) in [5.74, 6) is -2.71. The molecule has 2 aromatic carbocycles. The van der Waals surface area contributed by atoms with Gasteiger partial charge in [0.2, 0.25) is 0 Å². The Kier molecular flexibility index (Phi) is 12.7. The molecule has 0 aromatic heterocycles. The SMILES string of the molecule is O=C(O)CN(Cc1cccc(CO)c1O)CC(CO)N(CC(=O)O)Cc1cccc(CO)c1O.[Fe+2]. The Morgan fingerprint density at radius 3 is 1.63 bits per heavy atom. The van der Waals surface area contributed by atoms with Crippen LogP contribution in [0.3, 0.4) is 0 Å². The fraction of sp³-hybridized carbons (Fsp3) is 0.391. The van der Waals surface area contributed by atoms with Crippen molar-refractivity contribution in [2.45, 2.75) is 32.3 Å². The molecule has 2 rings (SSSR count). The standard InChI is InChI=1S/C23H30N2O9.Fe/c26-12-17-5-1-3-15(22(17)33)7-24(10-20(29)30)9-19(14-28)25(11-21(31)32)8-16-4-2-6-18(13-27)23(16)34;/h1-6,19,26-28,33-34H,7-14H2,(H,29,30)(H,31,32);/q;+2. The zero-order valence-corrected chi connectivity index (χ0v) is 20.0. The molecule has 0 aliphatic heterocycles. The average Bonchev–Trinajstić information content (AvgIpc) is 2.78. The Morgan fingerprint density at radius 1 is 0.743 bits per heavy atom. The third kappa shape index (κ3) is 8.79. The molecule has 0 heterocycles. The summed E-state index contributed by atoms with van der Waals surface area (Å²) >= 11 is 0. The van der Waals surface area contributed by atoms with Crippen LogP contribution in [-0.4, -0.2) is 89.8 Å². The van der Waals surface area contributed by atoms with Crippen LogP contribution in [0.1, 0.15) is 22.3 Å². The van der Waals surface area contributed by atoms with Crippen LogP contribution in [0, 0.1) is 0 Å². The second kappa shape index (κ2) is 14.6. The van der Waals surface area contributed by atoms with Crippen LogP contribution in [0.4, 0.5) is 0 Å². The van der Waals surface area contributed by atoms with Crippen molar-refractivity contribution in [1.29, 1.82) is 0 Å². The van der Waals surface area contributed by atoms with E-state index in [1.165, 1.54) is 21.9 Å². The van der Waals surface area contributed by atoms with Gasteiger partial charge >= 0.3 is 29.0 Å². The number of rotatable bonds is 14. The van der Waals surface area contributed by atoms with Crippen LogP contribution in [0.5, 0.6) is 11.5 Å². The first-order valence-electron chi connectivity index (χ1n) is 10.5. The molecule has 1 atom stereocenters. The normalized spacial score (nSPS) is 11.9. The number of hydrogen-bond donors (Lipinski definition) is 7. The number of phenols is 2. The van der Waals surface area contributed by atoms with Crippen molar-refractivity contribution in [3.63, 3.8) is 0 Å². The fourth-order valence-corrected chi connectivity index (χ4v) is 3.71. The van der Waals surface area contributed by atoms with E-state index in [0.717, 1.165) is 0 Å². The van der Waals surface area contributed by atoms with E-state index in [1.54, 1.807) is 24.3 Å². The summed E-state index contributed by atoms with van der Waals surface area (Å²) in [7, 11) is 0. The first kappa shape index (κ1) is 30.3. The Hall–Kier alpha value is -2.70. The average molecular weight is 534 g/mol. The molecule has 12 heteroatoms. The predicted octanol–water partition coefficient (Wildman–Crippen LogP) is -0.0858. The summed E-state index contributed by atoms with van der Waals surface area (Å²) in [6, 6.07) is 8.55. The number of aromatic hydroxyl groups is 2. The minimum atomic E-state index is -1.19. The zero-order valence-electron chi connectivity index (χ0n) is 18.9. The summed E-state index contributed by atoms with van der Waals surface area (Å²) < 4.78 is 0. The van der Waals surface area contributed by atoms with Crippen LogP contribution < -0.4 is 0 Å². The molecule has 35 heavy (non-hydrogen) atoms. The molecule has 0 spiro atoms. The molecule has 0 saturated heterocycles. The number of nitrogens with zero attached hydrogens (tertiary/aromatic N) is 2. The molecule has 0 radical (unpaired) electrons. The minimum absolute atomic E-state index is 0. The maximum atomic E-state index is 11.5. The van der Waals surface area contributed by atoms with Gasteiger partial charge in [0.15, 0.2) is 0 Å². The minimum Gasteiger partial charge on any atom is -0.507 e. The zero-order chi connectivity index (χ0) is 25.3. The molecule has 192 valence electrons. The second-order valence-corrected chi connectivity index (χ2v) is 7.86. The van der Waals surface area contributed by atoms with E-state index in [1.807, 2.05) is 0 Å². The number of aliphatic hydroxyl groups is 3. The van der Waals surface area contributed by atoms with Crippen LogP contribution in [0.15, 0.2) is 36.4 Å². The molecule has 0 saturated carbocycles. The second-order valence-electron chi connectivity index (χ2n) is 7.86. The van der Waals surface area contributed by atoms with Crippen molar-refractivity contribution in [3.05, 3.63) is 58.7 Å². The molecule has 7 N–H and O–H groups in total. The van der Waals surface area contributed by atoms with Gasteiger partial charge in [-0.05, 0) is 0 Å². The molecule has 0 aliphatic rings. The van der Waals surface area contributed by atoms with Gasteiger partial charge in [0.1, 0.15) is 11.5 Å². The third-order valence-corrected chi connectivity index (χ3v) is 5.41. The molecule has 1 unspecified atom stereocenters. The summed E-state index contributed by atoms with van der Waals surface area (Å²) in [6.45, 7) is -2.46. The third-order valence-electron chi connectivity index (χ3n) is 5.41. The van der Waals surface area contributed by atoms with Gasteiger partial charge in [-0.3, -0.25) is 19.4 Å². The number of carbonyl (C=O) groups is 2. The van der Waals surface area contributed by atoms with E-state index in [-0.39, 0.29) is 59.3 Å². The van der Waals surface area contributed by atoms with Crippen molar-refractivity contribution in [2.24, 2.45) is 0 Å². The van der Waals surface area contributed by atoms with Crippen LogP contribution in [0.2, 0.25) is 0 Å². The summed E-state index contributed by atoms with van der Waals surface area (Å²) in [5, 5.41) is 68.3. The Bertz CT molecular complexity index is 989. The van der Waals surface area contributed by atoms with Crippen LogP contribution >= 0.6 is 0 Å². The van der Waals surface area contributed by atoms with Crippen molar-refractivity contribution in [3.8, 4) is 11.5 Å². The quantitative estimate of drug-likeness (QED) is 0.161. The van der Waals surface area contributed by atoms with E-state index in [2.05, 4.69) is 0 Å². The maximum absolute atomic E-state index is 11.5. The van der Waals surface area contributed by atoms with E-state index < -0.39 is 50.9 Å². The first-order chi connectivity index (χ1) is 16.2. The topological polar surface area (TPSA) is 182 Å². The van der Waals surface area contributed by atoms with Crippen molar-refractivity contribution in [1.82, 2.24) is 9.80 Å². The smallest absolute Gasteiger partial charge is 0.507 e. The number of aliphatic hydroxyl groups excluding tert-OH is 3. The molecule has 11 nitrogen and oxygen atoms in total. The van der Waals surface area contributed by atoms with Crippen molar-refractivity contribution < 1.29 is 62.4 Å². The first-order valence-corrected chi connectivity index (χ1v) is 10.5. The molecule has 0 aliphatic carbocycles. The van der Waals surface area contributed by atoms with Gasteiger partial charge in [0.05, 0.1) is 32.9 Å². The molecule has 0 amide bonds. The molecule has 0 fully saturated rings. The maximum Gasteiger partial charge on any atom is 2.00 e. The van der Waals surface area contributed by atoms with Crippen molar-refractivity contribution >= 4 is 11.9 Å². The molecular formula is C23H30FeN2O9+2. The molecular weight excluding hydrogens is 504 g/mol. The molecule has 2 aromatic rings. The number of carboxylic acid groups (broad SMARTS) is 2. The van der Waals surface area contributed by atoms with Gasteiger partial charge in [-0.1, -0.05) is 36.4 Å². The number of benzene rings is 2. The predicted molar refractivity (Wildman–Crippen MR) is 120 cm³/mol. The van der Waals surface area contributed by atoms with E-state index in [0.29, 0.717) is 11.1 Å². The number of carboxylic acids is 2. The Balaban J connectivity index is 0.00000612. The monoisotopic (exact) mass is 534 g/mol. The summed E-state index contributed by atoms with van der Waals surface area (Å²) in [4.78, 5) is 25.8. The number of hydrogen-bond acceptors (Lipinski definition) is 9. The van der Waals surface area contributed by atoms with E-state index >= 15 is 0 Å². The Morgan fingerprint density at radius 2 is 1.20 bits per heavy atom. The van der Waals surface area contributed by atoms with Gasteiger partial charge in [-0.2, -0.15) is 0 Å². The number of aliphatic carboxylic acids is 2. The van der Waals surface area contributed by atoms with Crippen LogP contribution in [0.25, 0.3) is 0 Å². The largest absolute Gasteiger partial charge is 2.00 e. The summed E-state index contributed by atoms with van der Waals surface area (Å²) in [6.07, 6.45) is 0. The van der Waals surface area contributed by atoms with Crippen LogP contribution in [-0.2, 0) is 53.0 Å². The molecule has 0 bridgehead atoms. The number of para-hydroxylation sites is 2.